The summed E-state index contributed by atoms with van der Waals surface area (Å²) in [5.74, 6) is 3.41. The van der Waals surface area contributed by atoms with E-state index in [4.69, 9.17) is 33.2 Å². The molecule has 9 heteroatoms. The molecule has 0 radical (unpaired) electrons. The number of benzene rings is 4. The van der Waals surface area contributed by atoms with Crippen LogP contribution in [0.4, 0.5) is 0 Å². The molecule has 9 nitrogen and oxygen atoms in total. The Morgan fingerprint density at radius 1 is 0.396 bits per heavy atom. The van der Waals surface area contributed by atoms with Crippen molar-refractivity contribution >= 4 is 0 Å². The minimum atomic E-state index is 0.136. The predicted molar refractivity (Wildman–Crippen MR) is 204 cm³/mol. The number of ether oxygens (including phenoxy) is 7. The van der Waals surface area contributed by atoms with E-state index in [9.17, 15) is 10.2 Å². The first kappa shape index (κ1) is 38.6. The Kier molecular flexibility index (Phi) is 15.3. The van der Waals surface area contributed by atoms with Gasteiger partial charge in [-0.05, 0) is 70.2 Å². The van der Waals surface area contributed by atoms with Gasteiger partial charge in [-0.2, -0.15) is 0 Å². The molecule has 0 aromatic heterocycles. The second-order valence-electron chi connectivity index (χ2n) is 13.4. The number of hydrogen-bond donors (Lipinski definition) is 2. The molecule has 4 aromatic rings. The highest BCUT2D eigenvalue weighted by Gasteiger charge is 2.22. The number of fused-ring (bicyclic) bond motifs is 2. The van der Waals surface area contributed by atoms with E-state index in [1.54, 1.807) is 0 Å². The van der Waals surface area contributed by atoms with Crippen LogP contribution in [-0.4, -0.2) is 89.5 Å². The van der Waals surface area contributed by atoms with E-state index in [0.29, 0.717) is 105 Å². The number of para-hydroxylation sites is 4. The van der Waals surface area contributed by atoms with Crippen LogP contribution in [0.2, 0.25) is 0 Å². The summed E-state index contributed by atoms with van der Waals surface area (Å²) in [4.78, 5) is 0. The Morgan fingerprint density at radius 2 is 0.698 bits per heavy atom. The first-order valence-electron chi connectivity index (χ1n) is 19.1. The molecule has 0 spiro atoms. The van der Waals surface area contributed by atoms with E-state index in [1.807, 2.05) is 0 Å². The zero-order valence-corrected chi connectivity index (χ0v) is 30.8. The van der Waals surface area contributed by atoms with Crippen molar-refractivity contribution in [1.82, 2.24) is 0 Å². The lowest BCUT2D eigenvalue weighted by atomic mass is 9.91. The number of hydrogen-bond acceptors (Lipinski definition) is 9. The van der Waals surface area contributed by atoms with Crippen LogP contribution in [0.1, 0.15) is 70.2 Å². The molecular weight excluding hydrogens is 672 g/mol. The Hall–Kier alpha value is -4.12. The van der Waals surface area contributed by atoms with Crippen molar-refractivity contribution < 1.29 is 43.4 Å². The SMILES string of the molecule is OCCCCOc1c2cccc1Cc1cccc3c1OCCOCCOCCOCCOc1c(cccc1Cc1cccc(c1OCCCCO)C3)C2. The fourth-order valence-electron chi connectivity index (χ4n) is 6.95. The lowest BCUT2D eigenvalue weighted by molar-refractivity contribution is 0.00484. The lowest BCUT2D eigenvalue weighted by Crippen LogP contribution is -2.16. The molecule has 0 fully saturated rings. The summed E-state index contributed by atoms with van der Waals surface area (Å²) in [6.07, 6.45) is 5.29. The van der Waals surface area contributed by atoms with Gasteiger partial charge in [0.1, 0.15) is 36.2 Å². The largest absolute Gasteiger partial charge is 0.493 e. The van der Waals surface area contributed by atoms with Gasteiger partial charge in [-0.1, -0.05) is 72.8 Å². The summed E-state index contributed by atoms with van der Waals surface area (Å²) in [7, 11) is 0. The van der Waals surface area contributed by atoms with E-state index in [2.05, 4.69) is 72.8 Å². The summed E-state index contributed by atoms with van der Waals surface area (Å²) >= 11 is 0. The van der Waals surface area contributed by atoms with Crippen molar-refractivity contribution in [2.45, 2.75) is 51.4 Å². The van der Waals surface area contributed by atoms with Crippen LogP contribution in [-0.2, 0) is 39.9 Å². The highest BCUT2D eigenvalue weighted by molar-refractivity contribution is 5.56. The Morgan fingerprint density at radius 3 is 1.02 bits per heavy atom. The van der Waals surface area contributed by atoms with Crippen molar-refractivity contribution in [2.75, 3.05) is 79.3 Å². The lowest BCUT2D eigenvalue weighted by Gasteiger charge is -2.23. The van der Waals surface area contributed by atoms with E-state index >= 15 is 0 Å². The molecule has 0 saturated heterocycles. The standard InChI is InChI=1S/C44H54O9/c45-17-1-3-19-50-41-33-9-5-10-34(41)30-38-14-8-16-40-32-36-12-6-11-35(42(36)51-20-4-2-18-46)31-39-15-7-13-37(29-33)43(39)52-27-25-48-23-21-47-22-24-49-26-28-53-44(38)40/h5-16,45-46H,1-4,17-32H2. The Bertz CT molecular complexity index is 1510. The fourth-order valence-corrected chi connectivity index (χ4v) is 6.95. The normalized spacial score (nSPS) is 15.5. The zero-order chi connectivity index (χ0) is 36.5. The molecule has 10 bridgehead atoms. The molecule has 1 heterocycles. The molecule has 0 saturated carbocycles. The van der Waals surface area contributed by atoms with Crippen molar-refractivity contribution in [1.29, 1.82) is 0 Å². The van der Waals surface area contributed by atoms with Gasteiger partial charge in [-0.3, -0.25) is 0 Å². The highest BCUT2D eigenvalue weighted by Crippen LogP contribution is 2.39. The molecule has 1 aliphatic heterocycles. The molecule has 2 N–H and O–H groups in total. The molecule has 284 valence electrons. The second-order valence-corrected chi connectivity index (χ2v) is 13.4. The van der Waals surface area contributed by atoms with Gasteiger partial charge in [-0.25, -0.2) is 0 Å². The first-order chi connectivity index (χ1) is 26.2. The van der Waals surface area contributed by atoms with Crippen LogP contribution in [0.5, 0.6) is 23.0 Å². The van der Waals surface area contributed by atoms with Crippen LogP contribution in [0.3, 0.4) is 0 Å². The van der Waals surface area contributed by atoms with E-state index in [1.165, 1.54) is 0 Å². The van der Waals surface area contributed by atoms with Crippen molar-refractivity contribution in [3.05, 3.63) is 117 Å². The van der Waals surface area contributed by atoms with Gasteiger partial charge in [0.25, 0.3) is 0 Å². The van der Waals surface area contributed by atoms with Crippen molar-refractivity contribution in [3.8, 4) is 23.0 Å². The topological polar surface area (TPSA) is 105 Å². The summed E-state index contributed by atoms with van der Waals surface area (Å²) in [5.41, 5.74) is 8.51. The fraction of sp³-hybridized carbons (Fsp3) is 0.455. The quantitative estimate of drug-likeness (QED) is 0.157. The number of rotatable bonds is 10. The van der Waals surface area contributed by atoms with Gasteiger partial charge in [-0.15, -0.1) is 0 Å². The maximum atomic E-state index is 9.48. The molecule has 0 atom stereocenters. The van der Waals surface area contributed by atoms with Crippen LogP contribution in [0.25, 0.3) is 0 Å². The first-order valence-corrected chi connectivity index (χ1v) is 19.1. The van der Waals surface area contributed by atoms with Crippen LogP contribution < -0.4 is 18.9 Å². The van der Waals surface area contributed by atoms with Gasteiger partial charge in [0.2, 0.25) is 0 Å². The van der Waals surface area contributed by atoms with Crippen LogP contribution in [0, 0.1) is 0 Å². The molecule has 53 heavy (non-hydrogen) atoms. The predicted octanol–water partition coefficient (Wildman–Crippen LogP) is 6.49. The molecular formula is C44H54O9. The van der Waals surface area contributed by atoms with E-state index in [0.717, 1.165) is 80.3 Å². The van der Waals surface area contributed by atoms with Gasteiger partial charge in [0, 0.05) is 38.9 Å². The summed E-state index contributed by atoms with van der Waals surface area (Å²) < 4.78 is 44.0. The zero-order valence-electron chi connectivity index (χ0n) is 30.8. The third kappa shape index (κ3) is 11.0. The average Bonchev–Trinajstić information content (AvgIpc) is 3.16. The van der Waals surface area contributed by atoms with Crippen LogP contribution >= 0.6 is 0 Å². The van der Waals surface area contributed by atoms with E-state index < -0.39 is 0 Å². The number of aliphatic hydroxyl groups is 2. The molecule has 1 aliphatic carbocycles. The number of aliphatic hydroxyl groups excluding tert-OH is 2. The van der Waals surface area contributed by atoms with Gasteiger partial charge < -0.3 is 43.4 Å². The summed E-state index contributed by atoms with van der Waals surface area (Å²) in [6, 6.07) is 25.5. The third-order valence-electron chi connectivity index (χ3n) is 9.53. The summed E-state index contributed by atoms with van der Waals surface area (Å²) in [6.45, 7) is 4.80. The van der Waals surface area contributed by atoms with Crippen molar-refractivity contribution in [2.24, 2.45) is 0 Å². The minimum absolute atomic E-state index is 0.136. The highest BCUT2D eigenvalue weighted by atomic mass is 16.6. The number of unbranched alkanes of at least 4 members (excludes halogenated alkanes) is 2. The molecule has 2 aliphatic rings. The van der Waals surface area contributed by atoms with Gasteiger partial charge >= 0.3 is 0 Å². The third-order valence-corrected chi connectivity index (χ3v) is 9.53. The Balaban J connectivity index is 1.51. The molecule has 0 unspecified atom stereocenters. The van der Waals surface area contributed by atoms with Gasteiger partial charge in [0.05, 0.1) is 52.9 Å². The average molecular weight is 727 g/mol. The smallest absolute Gasteiger partial charge is 0.126 e. The minimum Gasteiger partial charge on any atom is -0.493 e. The monoisotopic (exact) mass is 726 g/mol. The summed E-state index contributed by atoms with van der Waals surface area (Å²) in [5, 5.41) is 19.0. The van der Waals surface area contributed by atoms with Gasteiger partial charge in [0.15, 0.2) is 0 Å². The maximum absolute atomic E-state index is 9.48. The van der Waals surface area contributed by atoms with Crippen molar-refractivity contribution in [3.63, 3.8) is 0 Å². The molecule has 0 amide bonds. The maximum Gasteiger partial charge on any atom is 0.126 e. The van der Waals surface area contributed by atoms with Crippen LogP contribution in [0.15, 0.2) is 72.8 Å². The van der Waals surface area contributed by atoms with E-state index in [-0.39, 0.29) is 13.2 Å². The molecule has 6 rings (SSSR count). The Labute approximate surface area is 313 Å². The molecule has 4 aromatic carbocycles. The second kappa shape index (κ2) is 20.9.